The Hall–Kier alpha value is -1.83. The molecule has 0 aliphatic heterocycles. The Labute approximate surface area is 101 Å². The Bertz CT molecular complexity index is 480. The molecule has 0 spiro atoms. The molecule has 0 fully saturated rings. The number of hydrogen-bond donors (Lipinski definition) is 1. The van der Waals surface area contributed by atoms with Crippen LogP contribution in [0.4, 0.5) is 10.1 Å². The van der Waals surface area contributed by atoms with Crippen LogP contribution >= 0.6 is 0 Å². The molecule has 0 aliphatic rings. The molecular formula is C15H16FN. The third-order valence-corrected chi connectivity index (χ3v) is 2.77. The summed E-state index contributed by atoms with van der Waals surface area (Å²) in [5.41, 5.74) is 3.23. The molecule has 17 heavy (non-hydrogen) atoms. The molecule has 88 valence electrons. The Morgan fingerprint density at radius 3 is 2.59 bits per heavy atom. The zero-order valence-corrected chi connectivity index (χ0v) is 9.91. The van der Waals surface area contributed by atoms with Crippen LogP contribution in [0.25, 0.3) is 0 Å². The van der Waals surface area contributed by atoms with Gasteiger partial charge in [0.25, 0.3) is 0 Å². The van der Waals surface area contributed by atoms with Crippen LogP contribution in [0, 0.1) is 12.7 Å². The molecule has 0 heterocycles. The second kappa shape index (κ2) is 5.48. The Kier molecular flexibility index (Phi) is 3.76. The SMILES string of the molecule is Cc1ccc(F)cc1NCCc1ccccc1. The summed E-state index contributed by atoms with van der Waals surface area (Å²) in [7, 11) is 0. The molecule has 0 amide bonds. The van der Waals surface area contributed by atoms with Gasteiger partial charge in [-0.2, -0.15) is 0 Å². The molecule has 0 radical (unpaired) electrons. The molecule has 1 nitrogen and oxygen atoms in total. The van der Waals surface area contributed by atoms with Crippen molar-refractivity contribution in [3.8, 4) is 0 Å². The first-order chi connectivity index (χ1) is 8.25. The number of nitrogens with one attached hydrogen (secondary N) is 1. The van der Waals surface area contributed by atoms with Crippen LogP contribution < -0.4 is 5.32 Å². The van der Waals surface area contributed by atoms with Crippen LogP contribution in [0.15, 0.2) is 48.5 Å². The molecule has 0 bridgehead atoms. The van der Waals surface area contributed by atoms with Crippen molar-refractivity contribution in [2.24, 2.45) is 0 Å². The molecular weight excluding hydrogens is 213 g/mol. The van der Waals surface area contributed by atoms with Gasteiger partial charge >= 0.3 is 0 Å². The number of halogens is 1. The quantitative estimate of drug-likeness (QED) is 0.841. The third kappa shape index (κ3) is 3.31. The summed E-state index contributed by atoms with van der Waals surface area (Å²) in [5.74, 6) is -0.196. The summed E-state index contributed by atoms with van der Waals surface area (Å²) in [5, 5.41) is 3.26. The molecule has 2 aromatic carbocycles. The first kappa shape index (κ1) is 11.6. The Morgan fingerprint density at radius 1 is 1.06 bits per heavy atom. The Morgan fingerprint density at radius 2 is 1.82 bits per heavy atom. The summed E-state index contributed by atoms with van der Waals surface area (Å²) in [6.07, 6.45) is 0.941. The molecule has 2 aromatic rings. The minimum atomic E-state index is -0.196. The number of hydrogen-bond acceptors (Lipinski definition) is 1. The zero-order valence-electron chi connectivity index (χ0n) is 9.91. The second-order valence-corrected chi connectivity index (χ2v) is 4.12. The maximum absolute atomic E-state index is 13.1. The van der Waals surface area contributed by atoms with Crippen molar-refractivity contribution in [1.82, 2.24) is 0 Å². The normalized spacial score (nSPS) is 10.2. The highest BCUT2D eigenvalue weighted by Crippen LogP contribution is 2.15. The molecule has 0 aromatic heterocycles. The van der Waals surface area contributed by atoms with Gasteiger partial charge in [-0.1, -0.05) is 36.4 Å². The van der Waals surface area contributed by atoms with E-state index in [0.717, 1.165) is 24.2 Å². The van der Waals surface area contributed by atoms with Gasteiger partial charge in [-0.05, 0) is 36.6 Å². The van der Waals surface area contributed by atoms with E-state index >= 15 is 0 Å². The monoisotopic (exact) mass is 229 g/mol. The maximum Gasteiger partial charge on any atom is 0.125 e. The molecule has 1 N–H and O–H groups in total. The first-order valence-electron chi connectivity index (χ1n) is 5.79. The molecule has 0 unspecified atom stereocenters. The fraction of sp³-hybridized carbons (Fsp3) is 0.200. The van der Waals surface area contributed by atoms with E-state index < -0.39 is 0 Å². The van der Waals surface area contributed by atoms with Crippen molar-refractivity contribution < 1.29 is 4.39 Å². The minimum Gasteiger partial charge on any atom is -0.384 e. The number of anilines is 1. The first-order valence-corrected chi connectivity index (χ1v) is 5.79. The summed E-state index contributed by atoms with van der Waals surface area (Å²) < 4.78 is 13.1. The van der Waals surface area contributed by atoms with E-state index in [0.29, 0.717) is 0 Å². The summed E-state index contributed by atoms with van der Waals surface area (Å²) in [6.45, 7) is 2.79. The molecule has 0 saturated carbocycles. The van der Waals surface area contributed by atoms with Crippen molar-refractivity contribution in [1.29, 1.82) is 0 Å². The average Bonchev–Trinajstić information content (AvgIpc) is 2.35. The highest BCUT2D eigenvalue weighted by atomic mass is 19.1. The van der Waals surface area contributed by atoms with Crippen molar-refractivity contribution in [3.05, 3.63) is 65.5 Å². The third-order valence-electron chi connectivity index (χ3n) is 2.77. The predicted octanol–water partition coefficient (Wildman–Crippen LogP) is 3.79. The van der Waals surface area contributed by atoms with Crippen molar-refractivity contribution in [2.45, 2.75) is 13.3 Å². The number of rotatable bonds is 4. The van der Waals surface area contributed by atoms with Gasteiger partial charge in [0.05, 0.1) is 0 Å². The Balaban J connectivity index is 1.92. The van der Waals surface area contributed by atoms with E-state index in [1.54, 1.807) is 12.1 Å². The fourth-order valence-corrected chi connectivity index (χ4v) is 1.77. The average molecular weight is 229 g/mol. The lowest BCUT2D eigenvalue weighted by molar-refractivity contribution is 0.628. The lowest BCUT2D eigenvalue weighted by Crippen LogP contribution is -2.06. The highest BCUT2D eigenvalue weighted by molar-refractivity contribution is 5.50. The van der Waals surface area contributed by atoms with Crippen LogP contribution in [0.2, 0.25) is 0 Å². The van der Waals surface area contributed by atoms with Gasteiger partial charge in [0, 0.05) is 12.2 Å². The van der Waals surface area contributed by atoms with E-state index in [2.05, 4.69) is 17.4 Å². The standard InChI is InChI=1S/C15H16FN/c1-12-7-8-14(16)11-15(12)17-10-9-13-5-3-2-4-6-13/h2-8,11,17H,9-10H2,1H3. The molecule has 2 heteroatoms. The van der Waals surface area contributed by atoms with Crippen molar-refractivity contribution in [3.63, 3.8) is 0 Å². The van der Waals surface area contributed by atoms with Gasteiger partial charge in [-0.15, -0.1) is 0 Å². The van der Waals surface area contributed by atoms with E-state index in [-0.39, 0.29) is 5.82 Å². The topological polar surface area (TPSA) is 12.0 Å². The van der Waals surface area contributed by atoms with Crippen LogP contribution in [0.1, 0.15) is 11.1 Å². The maximum atomic E-state index is 13.1. The van der Waals surface area contributed by atoms with Crippen LogP contribution in [0.3, 0.4) is 0 Å². The van der Waals surface area contributed by atoms with Gasteiger partial charge in [0.15, 0.2) is 0 Å². The lowest BCUT2D eigenvalue weighted by Gasteiger charge is -2.09. The van der Waals surface area contributed by atoms with Gasteiger partial charge in [-0.25, -0.2) is 4.39 Å². The zero-order chi connectivity index (χ0) is 12.1. The minimum absolute atomic E-state index is 0.196. The van der Waals surface area contributed by atoms with Gasteiger partial charge in [-0.3, -0.25) is 0 Å². The van der Waals surface area contributed by atoms with E-state index in [1.807, 2.05) is 25.1 Å². The molecule has 0 saturated heterocycles. The van der Waals surface area contributed by atoms with E-state index in [9.17, 15) is 4.39 Å². The smallest absolute Gasteiger partial charge is 0.125 e. The van der Waals surface area contributed by atoms with E-state index in [1.165, 1.54) is 11.6 Å². The van der Waals surface area contributed by atoms with Gasteiger partial charge in [0.2, 0.25) is 0 Å². The van der Waals surface area contributed by atoms with E-state index in [4.69, 9.17) is 0 Å². The second-order valence-electron chi connectivity index (χ2n) is 4.12. The number of aryl methyl sites for hydroxylation is 1. The molecule has 0 aliphatic carbocycles. The van der Waals surface area contributed by atoms with Gasteiger partial charge in [0.1, 0.15) is 5.82 Å². The highest BCUT2D eigenvalue weighted by Gasteiger charge is 1.99. The predicted molar refractivity (Wildman–Crippen MR) is 69.8 cm³/mol. The largest absolute Gasteiger partial charge is 0.384 e. The molecule has 2 rings (SSSR count). The van der Waals surface area contributed by atoms with Crippen molar-refractivity contribution in [2.75, 3.05) is 11.9 Å². The van der Waals surface area contributed by atoms with Gasteiger partial charge < -0.3 is 5.32 Å². The molecule has 0 atom stereocenters. The number of benzene rings is 2. The summed E-state index contributed by atoms with van der Waals surface area (Å²) in [4.78, 5) is 0. The van der Waals surface area contributed by atoms with Crippen molar-refractivity contribution >= 4 is 5.69 Å². The fourth-order valence-electron chi connectivity index (χ4n) is 1.77. The van der Waals surface area contributed by atoms with Crippen LogP contribution in [0.5, 0.6) is 0 Å². The summed E-state index contributed by atoms with van der Waals surface area (Å²) >= 11 is 0. The van der Waals surface area contributed by atoms with Crippen LogP contribution in [-0.4, -0.2) is 6.54 Å². The summed E-state index contributed by atoms with van der Waals surface area (Å²) in [6, 6.07) is 15.1. The lowest BCUT2D eigenvalue weighted by atomic mass is 10.1. The van der Waals surface area contributed by atoms with Crippen LogP contribution in [-0.2, 0) is 6.42 Å².